The van der Waals surface area contributed by atoms with Gasteiger partial charge in [0.25, 0.3) is 5.92 Å². The lowest BCUT2D eigenvalue weighted by Gasteiger charge is -2.39. The molecule has 0 aromatic heterocycles. The van der Waals surface area contributed by atoms with Gasteiger partial charge in [0.2, 0.25) is 0 Å². The molecule has 0 aromatic rings. The van der Waals surface area contributed by atoms with Gasteiger partial charge in [-0.1, -0.05) is 0 Å². The average molecular weight is 304 g/mol. The van der Waals surface area contributed by atoms with Gasteiger partial charge in [-0.15, -0.1) is 0 Å². The van der Waals surface area contributed by atoms with E-state index >= 15 is 0 Å². The van der Waals surface area contributed by atoms with Gasteiger partial charge < -0.3 is 10.4 Å². The third-order valence-corrected chi connectivity index (χ3v) is 3.17. The van der Waals surface area contributed by atoms with Crippen molar-refractivity contribution in [2.75, 3.05) is 32.7 Å². The van der Waals surface area contributed by atoms with Crippen LogP contribution in [-0.2, 0) is 4.79 Å². The van der Waals surface area contributed by atoms with E-state index in [9.17, 15) is 22.0 Å². The second kappa shape index (κ2) is 6.66. The Balaban J connectivity index is 0.000000246. The van der Waals surface area contributed by atoms with Crippen LogP contribution in [0.3, 0.4) is 0 Å². The molecule has 2 aliphatic heterocycles. The van der Waals surface area contributed by atoms with Crippen LogP contribution in [-0.4, -0.2) is 60.8 Å². The van der Waals surface area contributed by atoms with Gasteiger partial charge in [-0.25, -0.2) is 13.6 Å². The van der Waals surface area contributed by atoms with Gasteiger partial charge in [0, 0.05) is 0 Å². The fourth-order valence-electron chi connectivity index (χ4n) is 2.09. The van der Waals surface area contributed by atoms with Crippen LogP contribution in [0.15, 0.2) is 0 Å². The van der Waals surface area contributed by atoms with Gasteiger partial charge in [-0.2, -0.15) is 13.2 Å². The number of hydrogen-bond donors (Lipinski definition) is 2. The second-order valence-electron chi connectivity index (χ2n) is 5.02. The lowest BCUT2D eigenvalue weighted by molar-refractivity contribution is -0.192. The highest BCUT2D eigenvalue weighted by atomic mass is 19.4. The number of rotatable bonds is 3. The zero-order valence-corrected chi connectivity index (χ0v) is 10.7. The number of nitrogens with one attached hydrogen (secondary N) is 1. The van der Waals surface area contributed by atoms with E-state index in [1.807, 2.05) is 4.90 Å². The van der Waals surface area contributed by atoms with Crippen molar-refractivity contribution >= 4 is 5.97 Å². The highest BCUT2D eigenvalue weighted by Gasteiger charge is 2.43. The summed E-state index contributed by atoms with van der Waals surface area (Å²) >= 11 is 0. The van der Waals surface area contributed by atoms with Crippen molar-refractivity contribution in [3.05, 3.63) is 0 Å². The Labute approximate surface area is 112 Å². The standard InChI is InChI=1S/C9H16F2N2.C2HF3O2/c10-9(11)6-13(7-9)4-2-8-1-3-12-5-8;3-2(4,5)1(6)7/h8,12H,1-7H2;(H,6,7)/t8-;/m1./s1. The lowest BCUT2D eigenvalue weighted by Crippen LogP contribution is -2.56. The zero-order valence-electron chi connectivity index (χ0n) is 10.7. The second-order valence-corrected chi connectivity index (χ2v) is 5.02. The molecule has 118 valence electrons. The molecule has 0 aromatic carbocycles. The minimum Gasteiger partial charge on any atom is -0.475 e. The van der Waals surface area contributed by atoms with E-state index in [1.54, 1.807) is 0 Å². The number of carbonyl (C=O) groups is 1. The van der Waals surface area contributed by atoms with Gasteiger partial charge in [-0.05, 0) is 38.4 Å². The maximum absolute atomic E-state index is 12.4. The summed E-state index contributed by atoms with van der Waals surface area (Å²) in [5.74, 6) is -4.43. The van der Waals surface area contributed by atoms with Crippen LogP contribution < -0.4 is 5.32 Å². The van der Waals surface area contributed by atoms with Crippen molar-refractivity contribution in [3.63, 3.8) is 0 Å². The van der Waals surface area contributed by atoms with Crippen LogP contribution in [0.5, 0.6) is 0 Å². The zero-order chi connectivity index (χ0) is 15.4. The average Bonchev–Trinajstić information content (AvgIpc) is 2.75. The highest BCUT2D eigenvalue weighted by Crippen LogP contribution is 2.27. The molecule has 2 saturated heterocycles. The predicted molar refractivity (Wildman–Crippen MR) is 60.7 cm³/mol. The first-order valence-electron chi connectivity index (χ1n) is 6.21. The summed E-state index contributed by atoms with van der Waals surface area (Å²) in [5.41, 5.74) is 0. The van der Waals surface area contributed by atoms with E-state index in [0.717, 1.165) is 26.1 Å². The van der Waals surface area contributed by atoms with Crippen molar-refractivity contribution < 1.29 is 31.9 Å². The first-order valence-corrected chi connectivity index (χ1v) is 6.21. The van der Waals surface area contributed by atoms with Crippen LogP contribution in [0.1, 0.15) is 12.8 Å². The number of halogens is 5. The van der Waals surface area contributed by atoms with Crippen molar-refractivity contribution in [3.8, 4) is 0 Å². The molecule has 0 aliphatic carbocycles. The smallest absolute Gasteiger partial charge is 0.475 e. The van der Waals surface area contributed by atoms with Crippen LogP contribution in [0.4, 0.5) is 22.0 Å². The Kier molecular flexibility index (Phi) is 5.69. The molecular weight excluding hydrogens is 287 g/mol. The first kappa shape index (κ1) is 17.1. The van der Waals surface area contributed by atoms with Gasteiger partial charge in [0.1, 0.15) is 0 Å². The molecule has 1 atom stereocenters. The van der Waals surface area contributed by atoms with Crippen molar-refractivity contribution in [1.29, 1.82) is 0 Å². The Morgan fingerprint density at radius 2 is 1.90 bits per heavy atom. The van der Waals surface area contributed by atoms with E-state index in [2.05, 4.69) is 5.32 Å². The third kappa shape index (κ3) is 6.00. The molecule has 0 unspecified atom stereocenters. The Hall–Kier alpha value is -0.960. The van der Waals surface area contributed by atoms with E-state index in [4.69, 9.17) is 9.90 Å². The molecule has 2 rings (SSSR count). The monoisotopic (exact) mass is 304 g/mol. The number of alkyl halides is 5. The number of likely N-dealkylation sites (tertiary alicyclic amines) is 1. The Bertz CT molecular complexity index is 321. The maximum Gasteiger partial charge on any atom is 0.490 e. The molecule has 0 amide bonds. The molecule has 2 heterocycles. The number of aliphatic carboxylic acids is 1. The molecule has 20 heavy (non-hydrogen) atoms. The maximum atomic E-state index is 12.4. The molecule has 0 spiro atoms. The predicted octanol–water partition coefficient (Wildman–Crippen LogP) is 1.57. The minimum absolute atomic E-state index is 0.0207. The van der Waals surface area contributed by atoms with E-state index in [-0.39, 0.29) is 13.1 Å². The molecule has 0 saturated carbocycles. The van der Waals surface area contributed by atoms with Crippen molar-refractivity contribution in [2.24, 2.45) is 5.92 Å². The third-order valence-electron chi connectivity index (χ3n) is 3.17. The number of carboxylic acid groups (broad SMARTS) is 1. The lowest BCUT2D eigenvalue weighted by atomic mass is 10.0. The highest BCUT2D eigenvalue weighted by molar-refractivity contribution is 5.73. The van der Waals surface area contributed by atoms with Crippen LogP contribution in [0.25, 0.3) is 0 Å². The molecule has 0 bridgehead atoms. The minimum atomic E-state index is -5.08. The number of carboxylic acids is 1. The number of hydrogen-bond acceptors (Lipinski definition) is 3. The molecular formula is C11H17F5N2O2. The van der Waals surface area contributed by atoms with Crippen LogP contribution in [0, 0.1) is 5.92 Å². The fourth-order valence-corrected chi connectivity index (χ4v) is 2.09. The van der Waals surface area contributed by atoms with Gasteiger partial charge in [0.05, 0.1) is 13.1 Å². The van der Waals surface area contributed by atoms with Crippen LogP contribution in [0.2, 0.25) is 0 Å². The molecule has 4 nitrogen and oxygen atoms in total. The topological polar surface area (TPSA) is 52.6 Å². The molecule has 2 N–H and O–H groups in total. The van der Waals surface area contributed by atoms with E-state index < -0.39 is 18.1 Å². The van der Waals surface area contributed by atoms with Crippen molar-refractivity contribution in [1.82, 2.24) is 10.2 Å². The van der Waals surface area contributed by atoms with Gasteiger partial charge >= 0.3 is 12.1 Å². The molecule has 2 aliphatic rings. The van der Waals surface area contributed by atoms with Gasteiger partial charge in [-0.3, -0.25) is 4.90 Å². The summed E-state index contributed by atoms with van der Waals surface area (Å²) in [5, 5.41) is 10.4. The molecule has 2 fully saturated rings. The van der Waals surface area contributed by atoms with Crippen molar-refractivity contribution in [2.45, 2.75) is 24.9 Å². The summed E-state index contributed by atoms with van der Waals surface area (Å²) in [6, 6.07) is 0. The van der Waals surface area contributed by atoms with E-state index in [1.165, 1.54) is 6.42 Å². The summed E-state index contributed by atoms with van der Waals surface area (Å²) in [4.78, 5) is 10.7. The summed E-state index contributed by atoms with van der Waals surface area (Å²) < 4.78 is 56.6. The first-order chi connectivity index (χ1) is 9.10. The fraction of sp³-hybridized carbons (Fsp3) is 0.909. The molecule has 0 radical (unpaired) electrons. The largest absolute Gasteiger partial charge is 0.490 e. The molecule has 9 heteroatoms. The quantitative estimate of drug-likeness (QED) is 0.777. The summed E-state index contributed by atoms with van der Waals surface area (Å²) in [7, 11) is 0. The SMILES string of the molecule is FC1(F)CN(CC[C@H]2CCNC2)C1.O=C(O)C(F)(F)F. The normalized spacial score (nSPS) is 25.6. The van der Waals surface area contributed by atoms with E-state index in [0.29, 0.717) is 5.92 Å². The summed E-state index contributed by atoms with van der Waals surface area (Å²) in [6.45, 7) is 2.98. The Morgan fingerprint density at radius 3 is 2.25 bits per heavy atom. The Morgan fingerprint density at radius 1 is 1.35 bits per heavy atom. The summed E-state index contributed by atoms with van der Waals surface area (Å²) in [6.07, 6.45) is -2.80. The van der Waals surface area contributed by atoms with Crippen LogP contribution >= 0.6 is 0 Å². The number of nitrogens with zero attached hydrogens (tertiary/aromatic N) is 1. The van der Waals surface area contributed by atoms with Gasteiger partial charge in [0.15, 0.2) is 0 Å².